The second-order valence-corrected chi connectivity index (χ2v) is 4.91. The van der Waals surface area contributed by atoms with Crippen LogP contribution in [0.4, 0.5) is 0 Å². The molecule has 0 spiro atoms. The van der Waals surface area contributed by atoms with Gasteiger partial charge in [-0.1, -0.05) is 25.1 Å². The lowest BCUT2D eigenvalue weighted by molar-refractivity contribution is 0.403. The normalized spacial score (nSPS) is 12.3. The molecule has 20 heavy (non-hydrogen) atoms. The van der Waals surface area contributed by atoms with Crippen molar-refractivity contribution in [3.63, 3.8) is 0 Å². The summed E-state index contributed by atoms with van der Waals surface area (Å²) in [7, 11) is 1.72. The largest absolute Gasteiger partial charge is 0.496 e. The summed E-state index contributed by atoms with van der Waals surface area (Å²) in [6, 6.07) is 8.56. The minimum atomic E-state index is 0.359. The van der Waals surface area contributed by atoms with Crippen LogP contribution in [0.3, 0.4) is 0 Å². The number of ether oxygens (including phenoxy) is 1. The number of hydrogen-bond acceptors (Lipinski definition) is 3. The summed E-state index contributed by atoms with van der Waals surface area (Å²) in [4.78, 5) is 7.50. The van der Waals surface area contributed by atoms with Crippen LogP contribution in [0, 0.1) is 0 Å². The summed E-state index contributed by atoms with van der Waals surface area (Å²) in [6.45, 7) is 3.20. The molecule has 0 radical (unpaired) electrons. The van der Waals surface area contributed by atoms with Gasteiger partial charge in [0.2, 0.25) is 0 Å². The molecule has 1 unspecified atom stereocenters. The van der Waals surface area contributed by atoms with Crippen molar-refractivity contribution in [1.29, 1.82) is 0 Å². The SMILES string of the molecule is CCCNC(Cc1ncc[nH]1)Cc1ccccc1OC. The van der Waals surface area contributed by atoms with Crippen LogP contribution in [0.15, 0.2) is 36.7 Å². The van der Waals surface area contributed by atoms with Crippen LogP contribution in [-0.4, -0.2) is 29.7 Å². The average Bonchev–Trinajstić information content (AvgIpc) is 2.98. The average molecular weight is 273 g/mol. The first-order valence-corrected chi connectivity index (χ1v) is 7.17. The molecule has 1 heterocycles. The monoisotopic (exact) mass is 273 g/mol. The molecule has 108 valence electrons. The Morgan fingerprint density at radius 3 is 2.85 bits per heavy atom. The fourth-order valence-electron chi connectivity index (χ4n) is 2.35. The maximum Gasteiger partial charge on any atom is 0.122 e. The van der Waals surface area contributed by atoms with Crippen molar-refractivity contribution in [2.45, 2.75) is 32.2 Å². The van der Waals surface area contributed by atoms with Crippen LogP contribution >= 0.6 is 0 Å². The highest BCUT2D eigenvalue weighted by molar-refractivity contribution is 5.34. The number of aromatic nitrogens is 2. The van der Waals surface area contributed by atoms with Crippen molar-refractivity contribution >= 4 is 0 Å². The van der Waals surface area contributed by atoms with Crippen molar-refractivity contribution in [3.8, 4) is 5.75 Å². The van der Waals surface area contributed by atoms with Crippen LogP contribution in [0.2, 0.25) is 0 Å². The fourth-order valence-corrected chi connectivity index (χ4v) is 2.35. The molecule has 1 atom stereocenters. The standard InChI is InChI=1S/C16H23N3O/c1-3-8-17-14(12-16-18-9-10-19-16)11-13-6-4-5-7-15(13)20-2/h4-7,9-10,14,17H,3,8,11-12H2,1-2H3,(H,18,19). The van der Waals surface area contributed by atoms with Gasteiger partial charge in [0.05, 0.1) is 7.11 Å². The number of para-hydroxylation sites is 1. The molecule has 0 aliphatic heterocycles. The van der Waals surface area contributed by atoms with Gasteiger partial charge in [-0.15, -0.1) is 0 Å². The molecule has 1 aromatic carbocycles. The van der Waals surface area contributed by atoms with E-state index in [9.17, 15) is 0 Å². The maximum atomic E-state index is 5.43. The molecule has 2 aromatic rings. The Balaban J connectivity index is 2.06. The Kier molecular flexibility index (Phi) is 5.62. The predicted molar refractivity (Wildman–Crippen MR) is 81.1 cm³/mol. The highest BCUT2D eigenvalue weighted by Crippen LogP contribution is 2.19. The summed E-state index contributed by atoms with van der Waals surface area (Å²) < 4.78 is 5.43. The number of methoxy groups -OCH3 is 1. The van der Waals surface area contributed by atoms with Gasteiger partial charge in [0.15, 0.2) is 0 Å². The van der Waals surface area contributed by atoms with Gasteiger partial charge in [0.25, 0.3) is 0 Å². The summed E-state index contributed by atoms with van der Waals surface area (Å²) in [5.41, 5.74) is 1.23. The number of nitrogens with one attached hydrogen (secondary N) is 2. The number of nitrogens with zero attached hydrogens (tertiary/aromatic N) is 1. The molecule has 0 aliphatic rings. The molecule has 0 fully saturated rings. The summed E-state index contributed by atoms with van der Waals surface area (Å²) in [6.07, 6.45) is 6.63. The molecular weight excluding hydrogens is 250 g/mol. The van der Waals surface area contributed by atoms with Crippen molar-refractivity contribution in [2.75, 3.05) is 13.7 Å². The van der Waals surface area contributed by atoms with E-state index < -0.39 is 0 Å². The van der Waals surface area contributed by atoms with E-state index in [1.165, 1.54) is 5.56 Å². The summed E-state index contributed by atoms with van der Waals surface area (Å²) >= 11 is 0. The Morgan fingerprint density at radius 2 is 2.15 bits per heavy atom. The van der Waals surface area contributed by atoms with Crippen LogP contribution in [0.5, 0.6) is 5.75 Å². The number of aromatic amines is 1. The molecule has 0 amide bonds. The maximum absolute atomic E-state index is 5.43. The summed E-state index contributed by atoms with van der Waals surface area (Å²) in [5, 5.41) is 3.59. The van der Waals surface area contributed by atoms with Crippen molar-refractivity contribution in [3.05, 3.63) is 48.0 Å². The minimum absolute atomic E-state index is 0.359. The second-order valence-electron chi connectivity index (χ2n) is 4.91. The first-order chi connectivity index (χ1) is 9.83. The van der Waals surface area contributed by atoms with E-state index in [-0.39, 0.29) is 0 Å². The molecule has 2 N–H and O–H groups in total. The van der Waals surface area contributed by atoms with E-state index in [2.05, 4.69) is 34.3 Å². The van der Waals surface area contributed by atoms with E-state index in [4.69, 9.17) is 4.74 Å². The second kappa shape index (κ2) is 7.70. The smallest absolute Gasteiger partial charge is 0.122 e. The lowest BCUT2D eigenvalue weighted by Gasteiger charge is -2.19. The van der Waals surface area contributed by atoms with Gasteiger partial charge in [0.1, 0.15) is 11.6 Å². The number of imidazole rings is 1. The first kappa shape index (κ1) is 14.6. The van der Waals surface area contributed by atoms with Gasteiger partial charge in [-0.05, 0) is 31.0 Å². The van der Waals surface area contributed by atoms with E-state index in [0.717, 1.165) is 37.4 Å². The zero-order valence-corrected chi connectivity index (χ0v) is 12.2. The summed E-state index contributed by atoms with van der Waals surface area (Å²) in [5.74, 6) is 1.98. The molecular formula is C16H23N3O. The van der Waals surface area contributed by atoms with Crippen LogP contribution in [-0.2, 0) is 12.8 Å². The highest BCUT2D eigenvalue weighted by atomic mass is 16.5. The van der Waals surface area contributed by atoms with Gasteiger partial charge < -0.3 is 15.0 Å². The van der Waals surface area contributed by atoms with Crippen molar-refractivity contribution in [2.24, 2.45) is 0 Å². The van der Waals surface area contributed by atoms with E-state index >= 15 is 0 Å². The Bertz CT molecular complexity index is 496. The van der Waals surface area contributed by atoms with Crippen LogP contribution < -0.4 is 10.1 Å². The molecule has 0 aliphatic carbocycles. The molecule has 4 nitrogen and oxygen atoms in total. The van der Waals surface area contributed by atoms with Crippen molar-refractivity contribution in [1.82, 2.24) is 15.3 Å². The van der Waals surface area contributed by atoms with E-state index in [1.807, 2.05) is 18.3 Å². The van der Waals surface area contributed by atoms with Crippen molar-refractivity contribution < 1.29 is 4.74 Å². The van der Waals surface area contributed by atoms with Crippen LogP contribution in [0.1, 0.15) is 24.7 Å². The van der Waals surface area contributed by atoms with E-state index in [0.29, 0.717) is 6.04 Å². The van der Waals surface area contributed by atoms with Crippen LogP contribution in [0.25, 0.3) is 0 Å². The number of hydrogen-bond donors (Lipinski definition) is 2. The quantitative estimate of drug-likeness (QED) is 0.777. The third kappa shape index (κ3) is 4.10. The van der Waals surface area contributed by atoms with Gasteiger partial charge in [0, 0.05) is 24.9 Å². The zero-order valence-electron chi connectivity index (χ0n) is 12.2. The number of H-pyrrole nitrogens is 1. The highest BCUT2D eigenvalue weighted by Gasteiger charge is 2.13. The third-order valence-corrected chi connectivity index (χ3v) is 3.34. The molecule has 2 rings (SSSR count). The van der Waals surface area contributed by atoms with Gasteiger partial charge in [-0.2, -0.15) is 0 Å². The first-order valence-electron chi connectivity index (χ1n) is 7.17. The third-order valence-electron chi connectivity index (χ3n) is 3.34. The predicted octanol–water partition coefficient (Wildman–Crippen LogP) is 2.57. The molecule has 1 aromatic heterocycles. The molecule has 0 saturated carbocycles. The zero-order chi connectivity index (χ0) is 14.2. The Labute approximate surface area is 120 Å². The topological polar surface area (TPSA) is 49.9 Å². The molecule has 4 heteroatoms. The lowest BCUT2D eigenvalue weighted by Crippen LogP contribution is -2.34. The van der Waals surface area contributed by atoms with Gasteiger partial charge in [-0.3, -0.25) is 0 Å². The van der Waals surface area contributed by atoms with E-state index in [1.54, 1.807) is 13.3 Å². The molecule has 0 bridgehead atoms. The Hall–Kier alpha value is -1.81. The fraction of sp³-hybridized carbons (Fsp3) is 0.438. The number of benzene rings is 1. The van der Waals surface area contributed by atoms with Gasteiger partial charge >= 0.3 is 0 Å². The number of rotatable bonds is 8. The van der Waals surface area contributed by atoms with Gasteiger partial charge in [-0.25, -0.2) is 4.98 Å². The minimum Gasteiger partial charge on any atom is -0.496 e. The lowest BCUT2D eigenvalue weighted by atomic mass is 10.0. The molecule has 0 saturated heterocycles. The Morgan fingerprint density at radius 1 is 1.30 bits per heavy atom.